The molecule has 1 fully saturated rings. The second-order valence-corrected chi connectivity index (χ2v) is 9.19. The van der Waals surface area contributed by atoms with Gasteiger partial charge in [0.25, 0.3) is 0 Å². The average Bonchev–Trinajstić information content (AvgIpc) is 3.30. The van der Waals surface area contributed by atoms with Gasteiger partial charge in [0.05, 0.1) is 11.4 Å². The third-order valence-electron chi connectivity index (χ3n) is 5.01. The molecule has 0 amide bonds. The van der Waals surface area contributed by atoms with Crippen molar-refractivity contribution >= 4 is 16.0 Å². The minimum Gasteiger partial charge on any atom is -0.357 e. The van der Waals surface area contributed by atoms with Gasteiger partial charge < -0.3 is 10.6 Å². The summed E-state index contributed by atoms with van der Waals surface area (Å²) < 4.78 is 39.8. The highest BCUT2D eigenvalue weighted by atomic mass is 32.2. The van der Waals surface area contributed by atoms with Gasteiger partial charge in [0.15, 0.2) is 5.96 Å². The predicted molar refractivity (Wildman–Crippen MR) is 117 cm³/mol. The first-order valence-electron chi connectivity index (χ1n) is 10.3. The van der Waals surface area contributed by atoms with Crippen LogP contribution in [0.15, 0.2) is 58.4 Å². The van der Waals surface area contributed by atoms with Crippen molar-refractivity contribution in [2.24, 2.45) is 4.99 Å². The standard InChI is InChI=1S/C22H29FN4O2S/c1-2-24-22(25-14-13-18-5-9-20(23)10-6-18)26-17-19-7-11-21(12-8-19)30(28,29)27-15-3-4-16-27/h5-12H,2-4,13-17H2,1H3,(H2,24,25,26). The van der Waals surface area contributed by atoms with Crippen LogP contribution >= 0.6 is 0 Å². The Morgan fingerprint density at radius 1 is 1.00 bits per heavy atom. The lowest BCUT2D eigenvalue weighted by Gasteiger charge is -2.15. The van der Waals surface area contributed by atoms with Crippen molar-refractivity contribution in [3.05, 3.63) is 65.5 Å². The van der Waals surface area contributed by atoms with Gasteiger partial charge >= 0.3 is 0 Å². The molecule has 1 saturated heterocycles. The molecule has 2 N–H and O–H groups in total. The van der Waals surface area contributed by atoms with Crippen LogP contribution < -0.4 is 10.6 Å². The Morgan fingerprint density at radius 3 is 2.27 bits per heavy atom. The Labute approximate surface area is 178 Å². The second kappa shape index (κ2) is 10.5. The number of sulfonamides is 1. The summed E-state index contributed by atoms with van der Waals surface area (Å²) in [6.45, 7) is 5.04. The number of benzene rings is 2. The number of aliphatic imine (C=N–C) groups is 1. The molecule has 8 heteroatoms. The fourth-order valence-electron chi connectivity index (χ4n) is 3.33. The smallest absolute Gasteiger partial charge is 0.243 e. The van der Waals surface area contributed by atoms with Crippen LogP contribution in [0.1, 0.15) is 30.9 Å². The van der Waals surface area contributed by atoms with E-state index in [0.29, 0.717) is 37.0 Å². The van der Waals surface area contributed by atoms with Crippen LogP contribution in [-0.4, -0.2) is 44.9 Å². The Hall–Kier alpha value is -2.45. The number of nitrogens with one attached hydrogen (secondary N) is 2. The van der Waals surface area contributed by atoms with Crippen molar-refractivity contribution in [2.75, 3.05) is 26.2 Å². The van der Waals surface area contributed by atoms with E-state index in [0.717, 1.165) is 36.9 Å². The van der Waals surface area contributed by atoms with Crippen LogP contribution in [0.2, 0.25) is 0 Å². The Balaban J connectivity index is 1.56. The molecular weight excluding hydrogens is 403 g/mol. The molecule has 0 atom stereocenters. The molecule has 30 heavy (non-hydrogen) atoms. The molecule has 2 aromatic carbocycles. The number of guanidine groups is 1. The molecule has 0 spiro atoms. The first-order chi connectivity index (χ1) is 14.5. The lowest BCUT2D eigenvalue weighted by atomic mass is 10.1. The van der Waals surface area contributed by atoms with Gasteiger partial charge in [0.2, 0.25) is 10.0 Å². The van der Waals surface area contributed by atoms with Gasteiger partial charge in [-0.15, -0.1) is 0 Å². The Bertz CT molecular complexity index is 938. The molecule has 0 unspecified atom stereocenters. The zero-order valence-electron chi connectivity index (χ0n) is 17.3. The van der Waals surface area contributed by atoms with Crippen LogP contribution in [0.5, 0.6) is 0 Å². The van der Waals surface area contributed by atoms with E-state index in [4.69, 9.17) is 0 Å². The van der Waals surface area contributed by atoms with Gasteiger partial charge in [-0.25, -0.2) is 17.8 Å². The fourth-order valence-corrected chi connectivity index (χ4v) is 4.85. The highest BCUT2D eigenvalue weighted by Gasteiger charge is 2.26. The molecule has 0 aliphatic carbocycles. The number of hydrogen-bond donors (Lipinski definition) is 2. The third-order valence-corrected chi connectivity index (χ3v) is 6.92. The SMILES string of the molecule is CCNC(=NCc1ccc(S(=O)(=O)N2CCCC2)cc1)NCCc1ccc(F)cc1. The zero-order valence-corrected chi connectivity index (χ0v) is 18.1. The third kappa shape index (κ3) is 6.03. The van der Waals surface area contributed by atoms with E-state index in [2.05, 4.69) is 15.6 Å². The van der Waals surface area contributed by atoms with Gasteiger partial charge in [0.1, 0.15) is 5.82 Å². The van der Waals surface area contributed by atoms with Crippen LogP contribution in [-0.2, 0) is 23.0 Å². The summed E-state index contributed by atoms with van der Waals surface area (Å²) in [5.74, 6) is 0.453. The molecular formula is C22H29FN4O2S. The Morgan fingerprint density at radius 2 is 1.63 bits per heavy atom. The molecule has 3 rings (SSSR count). The summed E-state index contributed by atoms with van der Waals surface area (Å²) in [5, 5.41) is 6.47. The molecule has 0 aromatic heterocycles. The summed E-state index contributed by atoms with van der Waals surface area (Å²) in [6.07, 6.45) is 2.61. The highest BCUT2D eigenvalue weighted by Crippen LogP contribution is 2.21. The zero-order chi connectivity index (χ0) is 21.4. The largest absolute Gasteiger partial charge is 0.357 e. The monoisotopic (exact) mass is 432 g/mol. The van der Waals surface area contributed by atoms with Crippen molar-refractivity contribution in [2.45, 2.75) is 37.6 Å². The molecule has 1 heterocycles. The average molecular weight is 433 g/mol. The van der Waals surface area contributed by atoms with Gasteiger partial charge in [0, 0.05) is 26.2 Å². The van der Waals surface area contributed by atoms with Crippen molar-refractivity contribution in [3.8, 4) is 0 Å². The van der Waals surface area contributed by atoms with Crippen LogP contribution in [0, 0.1) is 5.82 Å². The van der Waals surface area contributed by atoms with E-state index in [-0.39, 0.29) is 5.82 Å². The molecule has 162 valence electrons. The fraction of sp³-hybridized carbons (Fsp3) is 0.409. The van der Waals surface area contributed by atoms with Crippen molar-refractivity contribution in [3.63, 3.8) is 0 Å². The van der Waals surface area contributed by atoms with Gasteiger partial charge in [-0.1, -0.05) is 24.3 Å². The minimum absolute atomic E-state index is 0.235. The highest BCUT2D eigenvalue weighted by molar-refractivity contribution is 7.89. The van der Waals surface area contributed by atoms with Crippen LogP contribution in [0.25, 0.3) is 0 Å². The van der Waals surface area contributed by atoms with E-state index in [9.17, 15) is 12.8 Å². The first kappa shape index (κ1) is 22.2. The summed E-state index contributed by atoms with van der Waals surface area (Å²) in [4.78, 5) is 4.91. The summed E-state index contributed by atoms with van der Waals surface area (Å²) in [7, 11) is -3.39. The molecule has 2 aromatic rings. The van der Waals surface area contributed by atoms with Gasteiger partial charge in [-0.05, 0) is 61.6 Å². The molecule has 0 bridgehead atoms. The number of nitrogens with zero attached hydrogens (tertiary/aromatic N) is 2. The number of rotatable bonds is 8. The van der Waals surface area contributed by atoms with E-state index >= 15 is 0 Å². The maximum Gasteiger partial charge on any atom is 0.243 e. The minimum atomic E-state index is -3.39. The van der Waals surface area contributed by atoms with Gasteiger partial charge in [-0.3, -0.25) is 0 Å². The van der Waals surface area contributed by atoms with E-state index in [1.165, 1.54) is 12.1 Å². The summed E-state index contributed by atoms with van der Waals surface area (Å²) in [6, 6.07) is 13.4. The number of halogens is 1. The maximum atomic E-state index is 13.0. The normalized spacial score (nSPS) is 15.3. The second-order valence-electron chi connectivity index (χ2n) is 7.25. The van der Waals surface area contributed by atoms with Crippen molar-refractivity contribution < 1.29 is 12.8 Å². The van der Waals surface area contributed by atoms with E-state index in [1.807, 2.05) is 19.1 Å². The maximum absolute atomic E-state index is 13.0. The van der Waals surface area contributed by atoms with Gasteiger partial charge in [-0.2, -0.15) is 4.31 Å². The van der Waals surface area contributed by atoms with E-state index in [1.54, 1.807) is 28.6 Å². The topological polar surface area (TPSA) is 73.8 Å². The quantitative estimate of drug-likeness (QED) is 0.497. The number of hydrogen-bond acceptors (Lipinski definition) is 3. The molecule has 0 radical (unpaired) electrons. The Kier molecular flexibility index (Phi) is 7.81. The van der Waals surface area contributed by atoms with Crippen LogP contribution in [0.4, 0.5) is 4.39 Å². The first-order valence-corrected chi connectivity index (χ1v) is 11.8. The van der Waals surface area contributed by atoms with Crippen molar-refractivity contribution in [1.82, 2.24) is 14.9 Å². The van der Waals surface area contributed by atoms with Crippen LogP contribution in [0.3, 0.4) is 0 Å². The summed E-state index contributed by atoms with van der Waals surface area (Å²) in [5.41, 5.74) is 1.99. The van der Waals surface area contributed by atoms with Crippen molar-refractivity contribution in [1.29, 1.82) is 0 Å². The predicted octanol–water partition coefficient (Wildman–Crippen LogP) is 2.91. The molecule has 0 saturated carbocycles. The lowest BCUT2D eigenvalue weighted by molar-refractivity contribution is 0.477. The molecule has 6 nitrogen and oxygen atoms in total. The molecule has 1 aliphatic heterocycles. The van der Waals surface area contributed by atoms with E-state index < -0.39 is 10.0 Å². The summed E-state index contributed by atoms with van der Waals surface area (Å²) >= 11 is 0. The molecule has 1 aliphatic rings. The lowest BCUT2D eigenvalue weighted by Crippen LogP contribution is -2.38.